The summed E-state index contributed by atoms with van der Waals surface area (Å²) in [7, 11) is 1.70. The molecule has 6 nitrogen and oxygen atoms in total. The van der Waals surface area contributed by atoms with E-state index in [0.717, 1.165) is 0 Å². The number of halogens is 3. The number of aromatic nitrogens is 1. The zero-order valence-electron chi connectivity index (χ0n) is 14.8. The van der Waals surface area contributed by atoms with Crippen LogP contribution in [0.15, 0.2) is 28.8 Å². The Hall–Kier alpha value is -1.47. The lowest BCUT2D eigenvalue weighted by Crippen LogP contribution is -2.39. The molecule has 9 heteroatoms. The first-order valence-electron chi connectivity index (χ1n) is 7.71. The molecule has 1 amide bonds. The molecular formula is C17H22Cl3N3O3. The van der Waals surface area contributed by atoms with Crippen molar-refractivity contribution in [2.24, 2.45) is 11.1 Å². The van der Waals surface area contributed by atoms with Crippen LogP contribution in [0.25, 0.3) is 0 Å². The zero-order chi connectivity index (χ0) is 18.6. The Morgan fingerprint density at radius 3 is 2.54 bits per heavy atom. The SMILES string of the molecule is CN(CC(C)(C)CN)C(=O)c1cc(COc2c(Cl)cccc2Cl)on1.Cl. The molecule has 1 aromatic heterocycles. The first kappa shape index (κ1) is 22.6. The Labute approximate surface area is 169 Å². The highest BCUT2D eigenvalue weighted by molar-refractivity contribution is 6.37. The fourth-order valence-electron chi connectivity index (χ4n) is 2.22. The minimum atomic E-state index is -0.243. The van der Waals surface area contributed by atoms with Crippen molar-refractivity contribution in [3.8, 4) is 5.75 Å². The smallest absolute Gasteiger partial charge is 0.275 e. The van der Waals surface area contributed by atoms with E-state index in [9.17, 15) is 4.79 Å². The minimum Gasteiger partial charge on any atom is -0.482 e. The van der Waals surface area contributed by atoms with E-state index >= 15 is 0 Å². The molecule has 0 atom stereocenters. The molecule has 0 radical (unpaired) electrons. The van der Waals surface area contributed by atoms with Crippen molar-refractivity contribution in [3.63, 3.8) is 0 Å². The van der Waals surface area contributed by atoms with Crippen LogP contribution < -0.4 is 10.5 Å². The highest BCUT2D eigenvalue weighted by Crippen LogP contribution is 2.32. The molecule has 0 saturated heterocycles. The lowest BCUT2D eigenvalue weighted by molar-refractivity contribution is 0.0730. The van der Waals surface area contributed by atoms with Gasteiger partial charge in [0.15, 0.2) is 17.2 Å². The Morgan fingerprint density at radius 2 is 1.96 bits per heavy atom. The first-order chi connectivity index (χ1) is 11.7. The van der Waals surface area contributed by atoms with Gasteiger partial charge in [0.2, 0.25) is 0 Å². The van der Waals surface area contributed by atoms with Gasteiger partial charge in [0.25, 0.3) is 5.91 Å². The van der Waals surface area contributed by atoms with Gasteiger partial charge in [-0.25, -0.2) is 0 Å². The van der Waals surface area contributed by atoms with E-state index in [4.69, 9.17) is 38.2 Å². The maximum absolute atomic E-state index is 12.4. The quantitative estimate of drug-likeness (QED) is 0.728. The van der Waals surface area contributed by atoms with Crippen LogP contribution in [0.4, 0.5) is 0 Å². The second-order valence-electron chi connectivity index (χ2n) is 6.55. The molecule has 0 bridgehead atoms. The molecule has 144 valence electrons. The van der Waals surface area contributed by atoms with Crippen LogP contribution >= 0.6 is 35.6 Å². The third kappa shape index (κ3) is 5.77. The Balaban J connectivity index is 0.00000338. The number of ether oxygens (including phenoxy) is 1. The molecule has 0 aliphatic heterocycles. The summed E-state index contributed by atoms with van der Waals surface area (Å²) < 4.78 is 10.7. The van der Waals surface area contributed by atoms with E-state index in [-0.39, 0.29) is 36.0 Å². The van der Waals surface area contributed by atoms with Crippen LogP contribution in [0.3, 0.4) is 0 Å². The molecule has 2 N–H and O–H groups in total. The second kappa shape index (κ2) is 9.46. The predicted molar refractivity (Wildman–Crippen MR) is 104 cm³/mol. The summed E-state index contributed by atoms with van der Waals surface area (Å²) in [6.07, 6.45) is 0. The standard InChI is InChI=1S/C17H21Cl2N3O3.ClH/c1-17(2,9-20)10-22(3)16(23)14-7-11(25-21-14)8-24-15-12(18)5-4-6-13(15)19;/h4-7H,8-10,20H2,1-3H3;1H. The summed E-state index contributed by atoms with van der Waals surface area (Å²) in [5.41, 5.74) is 5.73. The van der Waals surface area contributed by atoms with E-state index in [2.05, 4.69) is 5.16 Å². The monoisotopic (exact) mass is 421 g/mol. The van der Waals surface area contributed by atoms with Gasteiger partial charge in [0, 0.05) is 19.7 Å². The average molecular weight is 423 g/mol. The molecule has 0 fully saturated rings. The molecule has 0 aliphatic rings. The number of rotatable bonds is 7. The van der Waals surface area contributed by atoms with Crippen molar-refractivity contribution in [3.05, 3.63) is 45.8 Å². The fraction of sp³-hybridized carbons (Fsp3) is 0.412. The topological polar surface area (TPSA) is 81.6 Å². The third-order valence-corrected chi connectivity index (χ3v) is 4.22. The number of hydrogen-bond donors (Lipinski definition) is 1. The van der Waals surface area contributed by atoms with Crippen LogP contribution in [0.5, 0.6) is 5.75 Å². The number of amides is 1. The lowest BCUT2D eigenvalue weighted by Gasteiger charge is -2.28. The van der Waals surface area contributed by atoms with Crippen molar-refractivity contribution >= 4 is 41.5 Å². The number of benzene rings is 1. The van der Waals surface area contributed by atoms with Gasteiger partial charge in [-0.3, -0.25) is 4.79 Å². The number of carbonyl (C=O) groups is 1. The second-order valence-corrected chi connectivity index (χ2v) is 7.36. The highest BCUT2D eigenvalue weighted by Gasteiger charge is 2.24. The van der Waals surface area contributed by atoms with Gasteiger partial charge >= 0.3 is 0 Å². The van der Waals surface area contributed by atoms with Gasteiger partial charge in [-0.15, -0.1) is 12.4 Å². The van der Waals surface area contributed by atoms with Crippen LogP contribution in [-0.2, 0) is 6.61 Å². The van der Waals surface area contributed by atoms with Crippen LogP contribution in [-0.4, -0.2) is 36.1 Å². The number of carbonyl (C=O) groups excluding carboxylic acids is 1. The average Bonchev–Trinajstić information content (AvgIpc) is 3.02. The number of hydrogen-bond acceptors (Lipinski definition) is 5. The van der Waals surface area contributed by atoms with Crippen molar-refractivity contribution in [1.82, 2.24) is 10.1 Å². The predicted octanol–water partition coefficient (Wildman–Crippen LogP) is 4.04. The van der Waals surface area contributed by atoms with E-state index in [1.54, 1.807) is 36.2 Å². The molecule has 26 heavy (non-hydrogen) atoms. The van der Waals surface area contributed by atoms with Crippen LogP contribution in [0, 0.1) is 5.41 Å². The molecular weight excluding hydrogens is 401 g/mol. The van der Waals surface area contributed by atoms with Crippen molar-refractivity contribution < 1.29 is 14.1 Å². The Bertz CT molecular complexity index is 730. The minimum absolute atomic E-state index is 0. The Kier molecular flexibility index (Phi) is 8.21. The first-order valence-corrected chi connectivity index (χ1v) is 8.47. The lowest BCUT2D eigenvalue weighted by atomic mass is 9.93. The van der Waals surface area contributed by atoms with E-state index in [1.807, 2.05) is 13.8 Å². The molecule has 0 unspecified atom stereocenters. The molecule has 0 aliphatic carbocycles. The zero-order valence-corrected chi connectivity index (χ0v) is 17.1. The molecule has 2 rings (SSSR count). The normalized spacial score (nSPS) is 11.0. The fourth-order valence-corrected chi connectivity index (χ4v) is 2.73. The summed E-state index contributed by atoms with van der Waals surface area (Å²) in [4.78, 5) is 14.0. The summed E-state index contributed by atoms with van der Waals surface area (Å²) in [6, 6.07) is 6.61. The summed E-state index contributed by atoms with van der Waals surface area (Å²) in [5.74, 6) is 0.509. The maximum atomic E-state index is 12.4. The van der Waals surface area contributed by atoms with Gasteiger partial charge < -0.3 is 19.9 Å². The van der Waals surface area contributed by atoms with Crippen molar-refractivity contribution in [2.45, 2.75) is 20.5 Å². The van der Waals surface area contributed by atoms with E-state index < -0.39 is 0 Å². The molecule has 1 heterocycles. The van der Waals surface area contributed by atoms with E-state index in [1.165, 1.54) is 0 Å². The summed E-state index contributed by atoms with van der Waals surface area (Å²) in [6.45, 7) is 5.03. The third-order valence-electron chi connectivity index (χ3n) is 3.62. The highest BCUT2D eigenvalue weighted by atomic mass is 35.5. The van der Waals surface area contributed by atoms with E-state index in [0.29, 0.717) is 34.6 Å². The summed E-state index contributed by atoms with van der Waals surface area (Å²) >= 11 is 12.1. The molecule has 0 spiro atoms. The van der Waals surface area contributed by atoms with Gasteiger partial charge in [-0.2, -0.15) is 0 Å². The summed E-state index contributed by atoms with van der Waals surface area (Å²) in [5, 5.41) is 4.60. The van der Waals surface area contributed by atoms with Crippen LogP contribution in [0.2, 0.25) is 10.0 Å². The van der Waals surface area contributed by atoms with Crippen LogP contribution in [0.1, 0.15) is 30.1 Å². The molecule has 2 aromatic rings. The van der Waals surface area contributed by atoms with Gasteiger partial charge in [0.1, 0.15) is 6.61 Å². The van der Waals surface area contributed by atoms with Gasteiger partial charge in [0.05, 0.1) is 10.0 Å². The Morgan fingerprint density at radius 1 is 1.35 bits per heavy atom. The number of para-hydroxylation sites is 1. The van der Waals surface area contributed by atoms with Gasteiger partial charge in [-0.05, 0) is 24.1 Å². The maximum Gasteiger partial charge on any atom is 0.275 e. The number of nitrogens with zero attached hydrogens (tertiary/aromatic N) is 2. The largest absolute Gasteiger partial charge is 0.482 e. The molecule has 1 aromatic carbocycles. The molecule has 0 saturated carbocycles. The number of nitrogens with two attached hydrogens (primary N) is 1. The van der Waals surface area contributed by atoms with Crippen molar-refractivity contribution in [1.29, 1.82) is 0 Å². The van der Waals surface area contributed by atoms with Crippen molar-refractivity contribution in [2.75, 3.05) is 20.1 Å². The van der Waals surface area contributed by atoms with Gasteiger partial charge in [-0.1, -0.05) is 48.3 Å².